The summed E-state index contributed by atoms with van der Waals surface area (Å²) in [5, 5.41) is 0.780. The second kappa shape index (κ2) is 9.17. The second-order valence-corrected chi connectivity index (χ2v) is 9.67. The lowest BCUT2D eigenvalue weighted by Gasteiger charge is -2.23. The van der Waals surface area contributed by atoms with Crippen LogP contribution in [-0.2, 0) is 23.1 Å². The molecule has 1 heterocycles. The third-order valence-corrected chi connectivity index (χ3v) is 7.22. The minimum Gasteiger partial charge on any atom is -0.497 e. The molecule has 0 aliphatic heterocycles. The number of aromatic nitrogens is 1. The van der Waals surface area contributed by atoms with Crippen LogP contribution in [0.4, 0.5) is 4.39 Å². The molecule has 0 saturated carbocycles. The maximum atomic E-state index is 14.5. The number of aromatic amines is 1. The van der Waals surface area contributed by atoms with Gasteiger partial charge in [-0.2, -0.15) is 4.31 Å². The molecule has 0 saturated heterocycles. The van der Waals surface area contributed by atoms with Gasteiger partial charge in [-0.3, -0.25) is 4.79 Å². The molecular weight excluding hydrogens is 443 g/mol. The number of aryl methyl sites for hydroxylation is 1. The van der Waals surface area contributed by atoms with Crippen LogP contribution in [-0.4, -0.2) is 24.8 Å². The lowest BCUT2D eigenvalue weighted by molar-refractivity contribution is 0.395. The van der Waals surface area contributed by atoms with E-state index in [0.717, 1.165) is 21.3 Å². The van der Waals surface area contributed by atoms with Crippen molar-refractivity contribution in [2.45, 2.75) is 24.9 Å². The van der Waals surface area contributed by atoms with Gasteiger partial charge in [-0.25, -0.2) is 12.8 Å². The summed E-state index contributed by atoms with van der Waals surface area (Å²) in [5.74, 6) is -0.219. The SMILES string of the molecule is COc1ccc(CN(Cc2cc3ccc(C)cc3[nH]c2=O)S(=O)(=O)c2ccccc2F)cc1. The van der Waals surface area contributed by atoms with Crippen molar-refractivity contribution in [1.29, 1.82) is 0 Å². The number of pyridine rings is 1. The van der Waals surface area contributed by atoms with Gasteiger partial charge in [0.25, 0.3) is 5.56 Å². The van der Waals surface area contributed by atoms with Crippen molar-refractivity contribution in [3.05, 3.63) is 106 Å². The first kappa shape index (κ1) is 22.7. The van der Waals surface area contributed by atoms with E-state index < -0.39 is 26.3 Å². The third-order valence-electron chi connectivity index (χ3n) is 5.40. The fourth-order valence-electron chi connectivity index (χ4n) is 3.62. The van der Waals surface area contributed by atoms with Crippen LogP contribution in [0.25, 0.3) is 10.9 Å². The van der Waals surface area contributed by atoms with Crippen molar-refractivity contribution in [3.8, 4) is 5.75 Å². The highest BCUT2D eigenvalue weighted by Gasteiger charge is 2.28. The number of rotatable bonds is 7. The van der Waals surface area contributed by atoms with Crippen molar-refractivity contribution in [3.63, 3.8) is 0 Å². The first-order chi connectivity index (χ1) is 15.8. The van der Waals surface area contributed by atoms with E-state index >= 15 is 0 Å². The molecule has 4 rings (SSSR count). The van der Waals surface area contributed by atoms with Gasteiger partial charge in [-0.1, -0.05) is 36.4 Å². The van der Waals surface area contributed by atoms with Gasteiger partial charge in [0, 0.05) is 24.2 Å². The van der Waals surface area contributed by atoms with Gasteiger partial charge in [-0.05, 0) is 59.8 Å². The average Bonchev–Trinajstić information content (AvgIpc) is 2.79. The standard InChI is InChI=1S/C25H23FN2O4S/c1-17-7-10-19-14-20(25(29)27-23(19)13-17)16-28(15-18-8-11-21(32-2)12-9-18)33(30,31)24-6-4-3-5-22(24)26/h3-14H,15-16H2,1-2H3,(H,27,29). The lowest BCUT2D eigenvalue weighted by atomic mass is 10.1. The number of methoxy groups -OCH3 is 1. The van der Waals surface area contributed by atoms with E-state index in [-0.39, 0.29) is 18.7 Å². The molecule has 0 fully saturated rings. The summed E-state index contributed by atoms with van der Waals surface area (Å²) >= 11 is 0. The largest absolute Gasteiger partial charge is 0.497 e. The fraction of sp³-hybridized carbons (Fsp3) is 0.160. The molecule has 0 spiro atoms. The number of halogens is 1. The molecule has 33 heavy (non-hydrogen) atoms. The molecule has 0 radical (unpaired) electrons. The number of ether oxygens (including phenoxy) is 1. The van der Waals surface area contributed by atoms with Gasteiger partial charge in [0.1, 0.15) is 16.5 Å². The normalized spacial score (nSPS) is 11.8. The third kappa shape index (κ3) is 4.81. The number of fused-ring (bicyclic) bond motifs is 1. The summed E-state index contributed by atoms with van der Waals surface area (Å²) in [6.45, 7) is 1.65. The molecule has 1 aromatic heterocycles. The molecular formula is C25H23FN2O4S. The molecule has 1 N–H and O–H groups in total. The van der Waals surface area contributed by atoms with Crippen LogP contribution in [0.2, 0.25) is 0 Å². The molecule has 0 atom stereocenters. The van der Waals surface area contributed by atoms with Crippen molar-refractivity contribution in [2.75, 3.05) is 7.11 Å². The predicted molar refractivity (Wildman–Crippen MR) is 125 cm³/mol. The summed E-state index contributed by atoms with van der Waals surface area (Å²) < 4.78 is 47.6. The fourth-order valence-corrected chi connectivity index (χ4v) is 5.09. The molecule has 0 unspecified atom stereocenters. The van der Waals surface area contributed by atoms with E-state index in [1.54, 1.807) is 30.3 Å². The molecule has 4 aromatic rings. The van der Waals surface area contributed by atoms with E-state index in [1.165, 1.54) is 25.3 Å². The Morgan fingerprint density at radius 3 is 2.39 bits per heavy atom. The minimum atomic E-state index is -4.25. The Labute approximate surface area is 191 Å². The summed E-state index contributed by atoms with van der Waals surface area (Å²) in [4.78, 5) is 15.2. The van der Waals surface area contributed by atoms with Gasteiger partial charge in [0.15, 0.2) is 0 Å². The van der Waals surface area contributed by atoms with Crippen LogP contribution in [0, 0.1) is 12.7 Å². The minimum absolute atomic E-state index is 0.0496. The second-order valence-electron chi connectivity index (χ2n) is 7.77. The Kier molecular flexibility index (Phi) is 6.31. The highest BCUT2D eigenvalue weighted by Crippen LogP contribution is 2.24. The average molecular weight is 467 g/mol. The van der Waals surface area contributed by atoms with Crippen LogP contribution in [0.15, 0.2) is 82.5 Å². The molecule has 6 nitrogen and oxygen atoms in total. The molecule has 170 valence electrons. The van der Waals surface area contributed by atoms with Crippen LogP contribution in [0.5, 0.6) is 5.75 Å². The quantitative estimate of drug-likeness (QED) is 0.439. The molecule has 0 bridgehead atoms. The van der Waals surface area contributed by atoms with Crippen LogP contribution >= 0.6 is 0 Å². The van der Waals surface area contributed by atoms with Crippen molar-refractivity contribution in [2.24, 2.45) is 0 Å². The van der Waals surface area contributed by atoms with Gasteiger partial charge in [0.2, 0.25) is 10.0 Å². The van der Waals surface area contributed by atoms with Crippen molar-refractivity contribution in [1.82, 2.24) is 9.29 Å². The number of hydrogen-bond acceptors (Lipinski definition) is 4. The van der Waals surface area contributed by atoms with E-state index in [0.29, 0.717) is 16.8 Å². The van der Waals surface area contributed by atoms with Crippen molar-refractivity contribution < 1.29 is 17.5 Å². The van der Waals surface area contributed by atoms with Crippen LogP contribution in [0.1, 0.15) is 16.7 Å². The molecule has 0 amide bonds. The van der Waals surface area contributed by atoms with Gasteiger partial charge in [0.05, 0.1) is 7.11 Å². The number of nitrogens with one attached hydrogen (secondary N) is 1. The van der Waals surface area contributed by atoms with E-state index in [1.807, 2.05) is 25.1 Å². The summed E-state index contributed by atoms with van der Waals surface area (Å²) in [5.41, 5.74) is 2.21. The van der Waals surface area contributed by atoms with E-state index in [4.69, 9.17) is 4.74 Å². The summed E-state index contributed by atoms with van der Waals surface area (Å²) in [6.07, 6.45) is 0. The first-order valence-corrected chi connectivity index (χ1v) is 11.7. The maximum Gasteiger partial charge on any atom is 0.252 e. The Morgan fingerprint density at radius 2 is 1.70 bits per heavy atom. The highest BCUT2D eigenvalue weighted by molar-refractivity contribution is 7.89. The zero-order valence-electron chi connectivity index (χ0n) is 18.2. The monoisotopic (exact) mass is 466 g/mol. The first-order valence-electron chi connectivity index (χ1n) is 10.3. The topological polar surface area (TPSA) is 79.5 Å². The maximum absolute atomic E-state index is 14.5. The highest BCUT2D eigenvalue weighted by atomic mass is 32.2. The Bertz CT molecular complexity index is 1460. The zero-order valence-corrected chi connectivity index (χ0v) is 19.0. The van der Waals surface area contributed by atoms with Crippen LogP contribution < -0.4 is 10.3 Å². The molecule has 3 aromatic carbocycles. The Balaban J connectivity index is 1.77. The summed E-state index contributed by atoms with van der Waals surface area (Å²) in [7, 11) is -2.71. The van der Waals surface area contributed by atoms with Gasteiger partial charge < -0.3 is 9.72 Å². The molecule has 8 heteroatoms. The van der Waals surface area contributed by atoms with E-state index in [9.17, 15) is 17.6 Å². The number of sulfonamides is 1. The van der Waals surface area contributed by atoms with Gasteiger partial charge in [-0.15, -0.1) is 0 Å². The lowest BCUT2D eigenvalue weighted by Crippen LogP contribution is -2.33. The number of hydrogen-bond donors (Lipinski definition) is 1. The Hall–Kier alpha value is -3.49. The number of H-pyrrole nitrogens is 1. The van der Waals surface area contributed by atoms with E-state index in [2.05, 4.69) is 4.98 Å². The number of nitrogens with zero attached hydrogens (tertiary/aromatic N) is 1. The van der Waals surface area contributed by atoms with Gasteiger partial charge >= 0.3 is 0 Å². The number of benzene rings is 3. The Morgan fingerprint density at radius 1 is 0.970 bits per heavy atom. The smallest absolute Gasteiger partial charge is 0.252 e. The van der Waals surface area contributed by atoms with Crippen LogP contribution in [0.3, 0.4) is 0 Å². The molecule has 0 aliphatic carbocycles. The zero-order chi connectivity index (χ0) is 23.6. The van der Waals surface area contributed by atoms with Crippen molar-refractivity contribution >= 4 is 20.9 Å². The predicted octanol–water partition coefficient (Wildman–Crippen LogP) is 4.38. The summed E-state index contributed by atoms with van der Waals surface area (Å²) in [6, 6.07) is 19.4. The molecule has 0 aliphatic rings.